The molecule has 7 nitrogen and oxygen atoms in total. The summed E-state index contributed by atoms with van der Waals surface area (Å²) in [7, 11) is -0.343. The fourth-order valence-electron chi connectivity index (χ4n) is 2.23. The van der Waals surface area contributed by atoms with E-state index >= 15 is 0 Å². The molecule has 0 spiro atoms. The lowest BCUT2D eigenvalue weighted by molar-refractivity contribution is 0.0950. The number of nitrogens with zero attached hydrogens (tertiary/aromatic N) is 2. The van der Waals surface area contributed by atoms with Gasteiger partial charge in [-0.15, -0.1) is 0 Å². The zero-order valence-electron chi connectivity index (χ0n) is 11.8. The number of carbonyl (C=O) groups is 1. The molecule has 1 aromatic rings. The molecule has 0 aromatic carbocycles. The van der Waals surface area contributed by atoms with Gasteiger partial charge in [0.2, 0.25) is 10.0 Å². The fraction of sp³-hybridized carbons (Fsp3) is 0.667. The molecule has 1 aromatic heterocycles. The monoisotopic (exact) mass is 300 g/mol. The second kappa shape index (κ2) is 5.92. The third kappa shape index (κ3) is 3.18. The maximum Gasteiger partial charge on any atom is 0.272 e. The minimum Gasteiger partial charge on any atom is -0.350 e. The molecule has 1 heterocycles. The second-order valence-electron chi connectivity index (χ2n) is 5.09. The zero-order valence-corrected chi connectivity index (χ0v) is 12.6. The number of aryl methyl sites for hydroxylation is 1. The Morgan fingerprint density at radius 2 is 2.05 bits per heavy atom. The average Bonchev–Trinajstić information content (AvgIpc) is 2.82. The first-order valence-electron chi connectivity index (χ1n) is 6.66. The molecule has 0 bridgehead atoms. The van der Waals surface area contributed by atoms with Crippen molar-refractivity contribution in [3.05, 3.63) is 17.0 Å². The normalized spacial score (nSPS) is 15.2. The molecule has 1 amide bonds. The molecule has 0 fully saturated rings. The first-order chi connectivity index (χ1) is 9.42. The van der Waals surface area contributed by atoms with Crippen molar-refractivity contribution in [1.29, 1.82) is 0 Å². The summed E-state index contributed by atoms with van der Waals surface area (Å²) < 4.78 is 24.3. The van der Waals surface area contributed by atoms with Gasteiger partial charge in [0.1, 0.15) is 0 Å². The number of hydrogen-bond acceptors (Lipinski definition) is 4. The van der Waals surface area contributed by atoms with Crippen LogP contribution in [-0.4, -0.2) is 55.2 Å². The number of sulfonamides is 1. The van der Waals surface area contributed by atoms with Gasteiger partial charge in [0.05, 0.1) is 5.75 Å². The quantitative estimate of drug-likeness (QED) is 0.794. The van der Waals surface area contributed by atoms with Crippen LogP contribution in [0, 0.1) is 0 Å². The predicted octanol–water partition coefficient (Wildman–Crippen LogP) is -0.0903. The number of aromatic nitrogens is 2. The van der Waals surface area contributed by atoms with E-state index < -0.39 is 10.0 Å². The van der Waals surface area contributed by atoms with Crippen LogP contribution in [0.25, 0.3) is 0 Å². The Kier molecular flexibility index (Phi) is 4.44. The van der Waals surface area contributed by atoms with Gasteiger partial charge < -0.3 is 5.32 Å². The van der Waals surface area contributed by atoms with Crippen LogP contribution >= 0.6 is 0 Å². The van der Waals surface area contributed by atoms with Crippen LogP contribution < -0.4 is 5.32 Å². The minimum absolute atomic E-state index is 0.0843. The number of rotatable bonds is 5. The van der Waals surface area contributed by atoms with E-state index in [1.807, 2.05) is 0 Å². The number of amides is 1. The third-order valence-corrected chi connectivity index (χ3v) is 5.31. The van der Waals surface area contributed by atoms with Crippen molar-refractivity contribution in [1.82, 2.24) is 19.8 Å². The Labute approximate surface area is 118 Å². The third-order valence-electron chi connectivity index (χ3n) is 3.47. The van der Waals surface area contributed by atoms with E-state index in [1.165, 1.54) is 14.1 Å². The highest BCUT2D eigenvalue weighted by Crippen LogP contribution is 2.21. The zero-order chi connectivity index (χ0) is 14.8. The van der Waals surface area contributed by atoms with Gasteiger partial charge in [-0.2, -0.15) is 5.10 Å². The summed E-state index contributed by atoms with van der Waals surface area (Å²) in [4.78, 5) is 12.0. The number of fused-ring (bicyclic) bond motifs is 1. The van der Waals surface area contributed by atoms with Crippen LogP contribution in [0.4, 0.5) is 0 Å². The van der Waals surface area contributed by atoms with Crippen LogP contribution in [0.2, 0.25) is 0 Å². The van der Waals surface area contributed by atoms with Crippen LogP contribution in [0.1, 0.15) is 34.6 Å². The van der Waals surface area contributed by atoms with Crippen LogP contribution in [0.5, 0.6) is 0 Å². The highest BCUT2D eigenvalue weighted by Gasteiger charge is 2.22. The Bertz CT molecular complexity index is 592. The molecule has 0 saturated carbocycles. The number of carbonyl (C=O) groups excluding carboxylic acids is 1. The number of hydrogen-bond donors (Lipinski definition) is 2. The van der Waals surface area contributed by atoms with Crippen molar-refractivity contribution in [2.24, 2.45) is 0 Å². The SMILES string of the molecule is CN(C)S(=O)(=O)CCNC(=O)c1n[nH]c2c1CCCC2. The predicted molar refractivity (Wildman–Crippen MR) is 75.0 cm³/mol. The number of aromatic amines is 1. The Morgan fingerprint density at radius 3 is 2.75 bits per heavy atom. The van der Waals surface area contributed by atoms with Gasteiger partial charge in [0, 0.05) is 31.9 Å². The summed E-state index contributed by atoms with van der Waals surface area (Å²) >= 11 is 0. The smallest absolute Gasteiger partial charge is 0.272 e. The average molecular weight is 300 g/mol. The number of nitrogens with one attached hydrogen (secondary N) is 2. The molecule has 2 N–H and O–H groups in total. The molecule has 0 aliphatic heterocycles. The molecule has 0 saturated heterocycles. The molecule has 20 heavy (non-hydrogen) atoms. The summed E-state index contributed by atoms with van der Waals surface area (Å²) in [5.74, 6) is -0.420. The number of H-pyrrole nitrogens is 1. The molecule has 2 rings (SSSR count). The van der Waals surface area contributed by atoms with Crippen molar-refractivity contribution >= 4 is 15.9 Å². The highest BCUT2D eigenvalue weighted by atomic mass is 32.2. The van der Waals surface area contributed by atoms with Gasteiger partial charge in [0.15, 0.2) is 5.69 Å². The first kappa shape index (κ1) is 15.0. The van der Waals surface area contributed by atoms with Crippen molar-refractivity contribution in [2.75, 3.05) is 26.4 Å². The van der Waals surface area contributed by atoms with E-state index in [-0.39, 0.29) is 18.2 Å². The summed E-state index contributed by atoms with van der Waals surface area (Å²) in [5.41, 5.74) is 2.41. The lowest BCUT2D eigenvalue weighted by Crippen LogP contribution is -2.34. The van der Waals surface area contributed by atoms with Gasteiger partial charge in [-0.3, -0.25) is 9.89 Å². The van der Waals surface area contributed by atoms with Crippen LogP contribution in [-0.2, 0) is 22.9 Å². The van der Waals surface area contributed by atoms with E-state index in [4.69, 9.17) is 0 Å². The van der Waals surface area contributed by atoms with Gasteiger partial charge in [-0.1, -0.05) is 0 Å². The maximum atomic E-state index is 12.0. The summed E-state index contributed by atoms with van der Waals surface area (Å²) in [6.07, 6.45) is 3.94. The molecule has 1 aliphatic rings. The molecule has 8 heteroatoms. The van der Waals surface area contributed by atoms with Gasteiger partial charge in [-0.05, 0) is 25.7 Å². The molecule has 0 radical (unpaired) electrons. The second-order valence-corrected chi connectivity index (χ2v) is 7.39. The van der Waals surface area contributed by atoms with E-state index in [0.29, 0.717) is 5.69 Å². The van der Waals surface area contributed by atoms with Crippen LogP contribution in [0.3, 0.4) is 0 Å². The van der Waals surface area contributed by atoms with Gasteiger partial charge >= 0.3 is 0 Å². The lowest BCUT2D eigenvalue weighted by atomic mass is 9.96. The standard InChI is InChI=1S/C12H20N4O3S/c1-16(2)20(18,19)8-7-13-12(17)11-9-5-3-4-6-10(9)14-15-11/h3-8H2,1-2H3,(H,13,17)(H,14,15). The highest BCUT2D eigenvalue weighted by molar-refractivity contribution is 7.89. The molecular formula is C12H20N4O3S. The fourth-order valence-corrected chi connectivity index (χ4v) is 2.95. The molecule has 112 valence electrons. The van der Waals surface area contributed by atoms with Gasteiger partial charge in [-0.25, -0.2) is 12.7 Å². The van der Waals surface area contributed by atoms with Crippen molar-refractivity contribution < 1.29 is 13.2 Å². The minimum atomic E-state index is -3.29. The Hall–Kier alpha value is -1.41. The van der Waals surface area contributed by atoms with E-state index in [9.17, 15) is 13.2 Å². The molecule has 1 aliphatic carbocycles. The van der Waals surface area contributed by atoms with E-state index in [1.54, 1.807) is 0 Å². The topological polar surface area (TPSA) is 95.2 Å². The largest absolute Gasteiger partial charge is 0.350 e. The van der Waals surface area contributed by atoms with E-state index in [0.717, 1.165) is 41.2 Å². The maximum absolute atomic E-state index is 12.0. The first-order valence-corrected chi connectivity index (χ1v) is 8.27. The Morgan fingerprint density at radius 1 is 1.35 bits per heavy atom. The van der Waals surface area contributed by atoms with Crippen molar-refractivity contribution in [3.8, 4) is 0 Å². The lowest BCUT2D eigenvalue weighted by Gasteiger charge is -2.12. The molecular weight excluding hydrogens is 280 g/mol. The summed E-state index contributed by atoms with van der Waals surface area (Å²) in [6.45, 7) is 0.0843. The summed E-state index contributed by atoms with van der Waals surface area (Å²) in [5, 5.41) is 9.56. The molecule has 0 atom stereocenters. The Balaban J connectivity index is 1.95. The van der Waals surface area contributed by atoms with Gasteiger partial charge in [0.25, 0.3) is 5.91 Å². The van der Waals surface area contributed by atoms with Crippen molar-refractivity contribution in [3.63, 3.8) is 0 Å². The molecule has 0 unspecified atom stereocenters. The van der Waals surface area contributed by atoms with Crippen LogP contribution in [0.15, 0.2) is 0 Å². The van der Waals surface area contributed by atoms with Crippen molar-refractivity contribution in [2.45, 2.75) is 25.7 Å². The van der Waals surface area contributed by atoms with E-state index in [2.05, 4.69) is 15.5 Å². The summed E-state index contributed by atoms with van der Waals surface area (Å²) in [6, 6.07) is 0.